The molecule has 0 aliphatic rings. The fourth-order valence-corrected chi connectivity index (χ4v) is 2.07. The molecule has 0 radical (unpaired) electrons. The molecule has 0 saturated heterocycles. The third kappa shape index (κ3) is 1.70. The number of rotatable bonds is 1. The predicted octanol–water partition coefficient (Wildman–Crippen LogP) is 1.71. The zero-order valence-electron chi connectivity index (χ0n) is 10.5. The monoisotopic (exact) mass is 270 g/mol. The lowest BCUT2D eigenvalue weighted by molar-refractivity contribution is 0.0602. The van der Waals surface area contributed by atoms with E-state index in [0.717, 1.165) is 0 Å². The highest BCUT2D eigenvalue weighted by molar-refractivity contribution is 6.05. The summed E-state index contributed by atoms with van der Waals surface area (Å²) in [4.78, 5) is 27.7. The zero-order chi connectivity index (χ0) is 14.3. The normalized spacial score (nSPS) is 10.8. The average Bonchev–Trinajstić information content (AvgIpc) is 2.46. The molecule has 0 bridgehead atoms. The van der Waals surface area contributed by atoms with Gasteiger partial charge in [0, 0.05) is 5.39 Å². The molecule has 0 saturated carbocycles. The van der Waals surface area contributed by atoms with E-state index in [0.29, 0.717) is 16.5 Å². The molecule has 3 rings (SSSR count). The average molecular weight is 270 g/mol. The number of nitrogens with two attached hydrogens (primary N) is 1. The van der Waals surface area contributed by atoms with Crippen LogP contribution < -0.4 is 11.4 Å². The standard InChI is InChI=1S/C14H10N2O4/c1-19-13(17)9-6-8-11(16-12(9)15)7-4-2-3-5-10(7)20-14(8)18/h2-6H,1H3,(H2,15,16). The molecule has 0 aliphatic heterocycles. The minimum Gasteiger partial charge on any atom is -0.465 e. The van der Waals surface area contributed by atoms with E-state index in [-0.39, 0.29) is 16.8 Å². The Balaban J connectivity index is 2.48. The quantitative estimate of drug-likeness (QED) is 0.411. The van der Waals surface area contributed by atoms with Crippen LogP contribution in [-0.4, -0.2) is 18.1 Å². The molecule has 2 heterocycles. The number of anilines is 1. The number of hydrogen-bond donors (Lipinski definition) is 1. The Labute approximate surface area is 112 Å². The van der Waals surface area contributed by atoms with Crippen LogP contribution >= 0.6 is 0 Å². The van der Waals surface area contributed by atoms with Gasteiger partial charge in [-0.1, -0.05) is 12.1 Å². The number of fused-ring (bicyclic) bond motifs is 3. The van der Waals surface area contributed by atoms with Crippen molar-refractivity contribution < 1.29 is 13.9 Å². The largest absolute Gasteiger partial charge is 0.465 e. The van der Waals surface area contributed by atoms with E-state index in [1.807, 2.05) is 0 Å². The molecule has 0 amide bonds. The Morgan fingerprint density at radius 1 is 1.30 bits per heavy atom. The molecule has 100 valence electrons. The van der Waals surface area contributed by atoms with E-state index < -0.39 is 11.6 Å². The van der Waals surface area contributed by atoms with Crippen molar-refractivity contribution in [3.8, 4) is 0 Å². The molecule has 2 N–H and O–H groups in total. The van der Waals surface area contributed by atoms with E-state index in [1.54, 1.807) is 24.3 Å². The fraction of sp³-hybridized carbons (Fsp3) is 0.0714. The van der Waals surface area contributed by atoms with Gasteiger partial charge in [0.1, 0.15) is 17.0 Å². The molecule has 0 spiro atoms. The molecule has 0 atom stereocenters. The number of hydrogen-bond acceptors (Lipinski definition) is 6. The number of pyridine rings is 1. The summed E-state index contributed by atoms with van der Waals surface area (Å²) in [5, 5.41) is 0.850. The second-order valence-electron chi connectivity index (χ2n) is 4.19. The predicted molar refractivity (Wildman–Crippen MR) is 73.5 cm³/mol. The van der Waals surface area contributed by atoms with Gasteiger partial charge in [-0.3, -0.25) is 0 Å². The first-order valence-electron chi connectivity index (χ1n) is 5.82. The minimum atomic E-state index is -0.649. The second kappa shape index (κ2) is 4.34. The lowest BCUT2D eigenvalue weighted by atomic mass is 10.1. The lowest BCUT2D eigenvalue weighted by Gasteiger charge is -2.06. The number of para-hydroxylation sites is 1. The Bertz CT molecular complexity index is 899. The van der Waals surface area contributed by atoms with Crippen LogP contribution in [-0.2, 0) is 4.74 Å². The first-order valence-corrected chi connectivity index (χ1v) is 5.82. The van der Waals surface area contributed by atoms with E-state index >= 15 is 0 Å². The van der Waals surface area contributed by atoms with Crippen LogP contribution in [0, 0.1) is 0 Å². The highest BCUT2D eigenvalue weighted by Crippen LogP contribution is 2.24. The zero-order valence-corrected chi connectivity index (χ0v) is 10.5. The van der Waals surface area contributed by atoms with E-state index in [2.05, 4.69) is 9.72 Å². The molecule has 0 unspecified atom stereocenters. The summed E-state index contributed by atoms with van der Waals surface area (Å²) >= 11 is 0. The van der Waals surface area contributed by atoms with E-state index in [4.69, 9.17) is 10.2 Å². The van der Waals surface area contributed by atoms with Crippen LogP contribution in [0.4, 0.5) is 5.82 Å². The van der Waals surface area contributed by atoms with Gasteiger partial charge in [0.25, 0.3) is 0 Å². The van der Waals surface area contributed by atoms with Crippen molar-refractivity contribution in [1.82, 2.24) is 4.98 Å². The number of benzene rings is 1. The first-order chi connectivity index (χ1) is 9.61. The van der Waals surface area contributed by atoms with Crippen LogP contribution in [0.25, 0.3) is 21.9 Å². The van der Waals surface area contributed by atoms with Gasteiger partial charge in [-0.05, 0) is 18.2 Å². The SMILES string of the molecule is COC(=O)c1cc2c(=O)oc3ccccc3c2nc1N. The maximum Gasteiger partial charge on any atom is 0.345 e. The summed E-state index contributed by atoms with van der Waals surface area (Å²) < 4.78 is 9.80. The molecule has 0 fully saturated rings. The van der Waals surface area contributed by atoms with Gasteiger partial charge < -0.3 is 14.9 Å². The van der Waals surface area contributed by atoms with E-state index in [9.17, 15) is 9.59 Å². The summed E-state index contributed by atoms with van der Waals surface area (Å²) in [5.74, 6) is -0.635. The van der Waals surface area contributed by atoms with Crippen LogP contribution in [0.2, 0.25) is 0 Å². The molecule has 20 heavy (non-hydrogen) atoms. The third-order valence-corrected chi connectivity index (χ3v) is 3.02. The van der Waals surface area contributed by atoms with Crippen molar-refractivity contribution in [1.29, 1.82) is 0 Å². The first kappa shape index (κ1) is 12.2. The lowest BCUT2D eigenvalue weighted by Crippen LogP contribution is -2.10. The molecular formula is C14H10N2O4. The Morgan fingerprint density at radius 3 is 2.80 bits per heavy atom. The highest BCUT2D eigenvalue weighted by Gasteiger charge is 2.16. The Morgan fingerprint density at radius 2 is 2.05 bits per heavy atom. The maximum absolute atomic E-state index is 12.0. The number of esters is 1. The third-order valence-electron chi connectivity index (χ3n) is 3.02. The number of carbonyl (C=O) groups excluding carboxylic acids is 1. The van der Waals surface area contributed by atoms with Crippen molar-refractivity contribution in [3.05, 3.63) is 46.3 Å². The number of aromatic nitrogens is 1. The van der Waals surface area contributed by atoms with Crippen molar-refractivity contribution in [3.63, 3.8) is 0 Å². The van der Waals surface area contributed by atoms with Gasteiger partial charge in [0.2, 0.25) is 0 Å². The summed E-state index contributed by atoms with van der Waals surface area (Å²) in [6.45, 7) is 0. The van der Waals surface area contributed by atoms with Crippen LogP contribution in [0.15, 0.2) is 39.5 Å². The maximum atomic E-state index is 12.0. The fourth-order valence-electron chi connectivity index (χ4n) is 2.07. The van der Waals surface area contributed by atoms with Gasteiger partial charge >= 0.3 is 11.6 Å². The van der Waals surface area contributed by atoms with Gasteiger partial charge in [0.15, 0.2) is 0 Å². The Hall–Kier alpha value is -2.89. The smallest absolute Gasteiger partial charge is 0.345 e. The summed E-state index contributed by atoms with van der Waals surface area (Å²) in [6, 6.07) is 8.34. The van der Waals surface area contributed by atoms with E-state index in [1.165, 1.54) is 13.2 Å². The molecule has 6 nitrogen and oxygen atoms in total. The number of methoxy groups -OCH3 is 1. The number of ether oxygens (including phenoxy) is 1. The van der Waals surface area contributed by atoms with Crippen LogP contribution in [0.1, 0.15) is 10.4 Å². The second-order valence-corrected chi connectivity index (χ2v) is 4.19. The molecular weight excluding hydrogens is 260 g/mol. The topological polar surface area (TPSA) is 95.4 Å². The molecule has 0 aliphatic carbocycles. The molecule has 3 aromatic rings. The van der Waals surface area contributed by atoms with Crippen molar-refractivity contribution in [2.45, 2.75) is 0 Å². The van der Waals surface area contributed by atoms with Gasteiger partial charge in [-0.15, -0.1) is 0 Å². The van der Waals surface area contributed by atoms with Gasteiger partial charge in [-0.2, -0.15) is 0 Å². The van der Waals surface area contributed by atoms with Gasteiger partial charge in [0.05, 0.1) is 18.0 Å². The molecule has 2 aromatic heterocycles. The minimum absolute atomic E-state index is 0.0140. The van der Waals surface area contributed by atoms with Crippen molar-refractivity contribution >= 4 is 33.7 Å². The van der Waals surface area contributed by atoms with Crippen molar-refractivity contribution in [2.24, 2.45) is 0 Å². The summed E-state index contributed by atoms with van der Waals surface area (Å²) in [7, 11) is 1.23. The van der Waals surface area contributed by atoms with Crippen LogP contribution in [0.3, 0.4) is 0 Å². The summed E-state index contributed by atoms with van der Waals surface area (Å²) in [6.07, 6.45) is 0. The van der Waals surface area contributed by atoms with Crippen LogP contribution in [0.5, 0.6) is 0 Å². The summed E-state index contributed by atoms with van der Waals surface area (Å²) in [5.41, 5.74) is 6.05. The number of carbonyl (C=O) groups is 1. The van der Waals surface area contributed by atoms with Crippen molar-refractivity contribution in [2.75, 3.05) is 12.8 Å². The van der Waals surface area contributed by atoms with Gasteiger partial charge in [-0.25, -0.2) is 14.6 Å². The highest BCUT2D eigenvalue weighted by atomic mass is 16.5. The number of nitrogens with zero attached hydrogens (tertiary/aromatic N) is 1. The molecule has 6 heteroatoms. The Kier molecular flexibility index (Phi) is 2.64. The molecule has 1 aromatic carbocycles. The number of nitrogen functional groups attached to an aromatic ring is 1.